The van der Waals surface area contributed by atoms with Crippen LogP contribution in [-0.4, -0.2) is 26.8 Å². The minimum absolute atomic E-state index is 0.665. The van der Waals surface area contributed by atoms with Crippen LogP contribution in [0.3, 0.4) is 0 Å². The summed E-state index contributed by atoms with van der Waals surface area (Å²) >= 11 is 7.11. The van der Waals surface area contributed by atoms with Crippen molar-refractivity contribution in [3.05, 3.63) is 28.2 Å². The van der Waals surface area contributed by atoms with Gasteiger partial charge >= 0.3 is 0 Å². The Morgan fingerprint density at radius 2 is 2.28 bits per heavy atom. The summed E-state index contributed by atoms with van der Waals surface area (Å²) in [6.45, 7) is 2.91. The van der Waals surface area contributed by atoms with Gasteiger partial charge in [-0.15, -0.1) is 0 Å². The molecule has 1 unspecified atom stereocenters. The van der Waals surface area contributed by atoms with Crippen molar-refractivity contribution in [2.45, 2.75) is 18.2 Å². The number of ether oxygens (including phenoxy) is 1. The maximum absolute atomic E-state index is 5.54. The van der Waals surface area contributed by atoms with Gasteiger partial charge < -0.3 is 9.64 Å². The van der Waals surface area contributed by atoms with Crippen LogP contribution in [-0.2, 0) is 10.1 Å². The molecular formula is C14H19Br2NO. The van der Waals surface area contributed by atoms with Gasteiger partial charge in [-0.1, -0.05) is 37.9 Å². The Balaban J connectivity index is 1.99. The van der Waals surface area contributed by atoms with Crippen LogP contribution in [0.1, 0.15) is 18.4 Å². The summed E-state index contributed by atoms with van der Waals surface area (Å²) in [5.41, 5.74) is 2.55. The molecule has 0 radical (unpaired) electrons. The van der Waals surface area contributed by atoms with Gasteiger partial charge in [0.1, 0.15) is 0 Å². The lowest BCUT2D eigenvalue weighted by Crippen LogP contribution is -2.30. The number of nitrogens with zero attached hydrogens (tertiary/aromatic N) is 1. The van der Waals surface area contributed by atoms with Crippen LogP contribution in [0.25, 0.3) is 0 Å². The van der Waals surface area contributed by atoms with Gasteiger partial charge in [0, 0.05) is 35.7 Å². The van der Waals surface area contributed by atoms with Crippen molar-refractivity contribution in [2.24, 2.45) is 5.92 Å². The van der Waals surface area contributed by atoms with Crippen molar-refractivity contribution in [1.29, 1.82) is 0 Å². The first kappa shape index (κ1) is 14.4. The predicted octanol–water partition coefficient (Wildman–Crippen LogP) is 4.21. The summed E-state index contributed by atoms with van der Waals surface area (Å²) in [5.74, 6) is 0.665. The molecule has 1 aliphatic heterocycles. The van der Waals surface area contributed by atoms with Crippen LogP contribution in [0.15, 0.2) is 22.7 Å². The predicted molar refractivity (Wildman–Crippen MR) is 83.6 cm³/mol. The van der Waals surface area contributed by atoms with Crippen molar-refractivity contribution in [1.82, 2.24) is 0 Å². The van der Waals surface area contributed by atoms with E-state index in [-0.39, 0.29) is 0 Å². The third-order valence-corrected chi connectivity index (χ3v) is 4.75. The summed E-state index contributed by atoms with van der Waals surface area (Å²) in [6.07, 6.45) is 2.48. The smallest absolute Gasteiger partial charge is 0.0511 e. The van der Waals surface area contributed by atoms with Gasteiger partial charge in [-0.2, -0.15) is 0 Å². The van der Waals surface area contributed by atoms with Crippen LogP contribution in [0.5, 0.6) is 0 Å². The largest absolute Gasteiger partial charge is 0.381 e. The molecule has 2 rings (SSSR count). The zero-order chi connectivity index (χ0) is 13.0. The van der Waals surface area contributed by atoms with E-state index >= 15 is 0 Å². The lowest BCUT2D eigenvalue weighted by atomic mass is 10.0. The van der Waals surface area contributed by atoms with Gasteiger partial charge in [-0.05, 0) is 36.5 Å². The van der Waals surface area contributed by atoms with E-state index in [1.54, 1.807) is 0 Å². The summed E-state index contributed by atoms with van der Waals surface area (Å²) in [4.78, 5) is 2.32. The quantitative estimate of drug-likeness (QED) is 0.730. The highest BCUT2D eigenvalue weighted by Crippen LogP contribution is 2.26. The minimum atomic E-state index is 0.665. The van der Waals surface area contributed by atoms with Crippen LogP contribution in [0.2, 0.25) is 0 Å². The molecule has 100 valence electrons. The molecular weight excluding hydrogens is 358 g/mol. The van der Waals surface area contributed by atoms with E-state index in [1.165, 1.54) is 28.6 Å². The van der Waals surface area contributed by atoms with Crippen molar-refractivity contribution in [3.8, 4) is 0 Å². The molecule has 0 aliphatic carbocycles. The monoisotopic (exact) mass is 375 g/mol. The highest BCUT2D eigenvalue weighted by Gasteiger charge is 2.16. The molecule has 1 saturated heterocycles. The number of hydrogen-bond donors (Lipinski definition) is 0. The van der Waals surface area contributed by atoms with Gasteiger partial charge in [0.2, 0.25) is 0 Å². The van der Waals surface area contributed by atoms with Crippen molar-refractivity contribution in [3.63, 3.8) is 0 Å². The summed E-state index contributed by atoms with van der Waals surface area (Å²) < 4.78 is 6.71. The molecule has 1 fully saturated rings. The Hall–Kier alpha value is -0.0600. The molecule has 0 bridgehead atoms. The average molecular weight is 377 g/mol. The molecule has 1 aromatic rings. The average Bonchev–Trinajstić information content (AvgIpc) is 2.39. The van der Waals surface area contributed by atoms with Gasteiger partial charge in [0.25, 0.3) is 0 Å². The van der Waals surface area contributed by atoms with E-state index in [2.05, 4.69) is 62.0 Å². The van der Waals surface area contributed by atoms with Crippen LogP contribution < -0.4 is 4.90 Å². The molecule has 0 saturated carbocycles. The van der Waals surface area contributed by atoms with E-state index < -0.39 is 0 Å². The zero-order valence-electron chi connectivity index (χ0n) is 10.7. The number of alkyl halides is 1. The number of anilines is 1. The topological polar surface area (TPSA) is 12.5 Å². The van der Waals surface area contributed by atoms with E-state index in [0.717, 1.165) is 25.1 Å². The number of benzene rings is 1. The zero-order valence-corrected chi connectivity index (χ0v) is 13.8. The highest BCUT2D eigenvalue weighted by atomic mass is 79.9. The molecule has 1 heterocycles. The molecule has 1 aliphatic rings. The first-order valence-electron chi connectivity index (χ1n) is 6.34. The van der Waals surface area contributed by atoms with Gasteiger partial charge in [-0.3, -0.25) is 0 Å². The lowest BCUT2D eigenvalue weighted by Gasteiger charge is -2.28. The molecule has 2 nitrogen and oxygen atoms in total. The Bertz CT molecular complexity index is 391. The van der Waals surface area contributed by atoms with E-state index in [0.29, 0.717) is 5.92 Å². The number of rotatable bonds is 4. The van der Waals surface area contributed by atoms with Crippen LogP contribution in [0, 0.1) is 5.92 Å². The molecule has 4 heteroatoms. The maximum Gasteiger partial charge on any atom is 0.0511 e. The van der Waals surface area contributed by atoms with E-state index in [9.17, 15) is 0 Å². The standard InChI is InChI=1S/C14H19Br2NO/c1-17(9-11-3-2-6-18-10-11)13-5-4-12(8-15)14(16)7-13/h4-5,7,11H,2-3,6,8-10H2,1H3. The number of halogens is 2. The second kappa shape index (κ2) is 6.92. The highest BCUT2D eigenvalue weighted by molar-refractivity contribution is 9.10. The van der Waals surface area contributed by atoms with E-state index in [1.807, 2.05) is 0 Å². The fraction of sp³-hybridized carbons (Fsp3) is 0.571. The van der Waals surface area contributed by atoms with Crippen molar-refractivity contribution < 1.29 is 4.74 Å². The third kappa shape index (κ3) is 3.72. The molecule has 0 spiro atoms. The summed E-state index contributed by atoms with van der Waals surface area (Å²) in [5, 5.41) is 0.883. The maximum atomic E-state index is 5.54. The molecule has 0 amide bonds. The molecule has 0 N–H and O–H groups in total. The molecule has 18 heavy (non-hydrogen) atoms. The van der Waals surface area contributed by atoms with Gasteiger partial charge in [0.15, 0.2) is 0 Å². The van der Waals surface area contributed by atoms with Crippen molar-refractivity contribution >= 4 is 37.5 Å². The third-order valence-electron chi connectivity index (χ3n) is 3.41. The Labute approximate surface area is 126 Å². The fourth-order valence-corrected chi connectivity index (χ4v) is 3.70. The fourth-order valence-electron chi connectivity index (χ4n) is 2.33. The normalized spacial score (nSPS) is 19.8. The first-order chi connectivity index (χ1) is 8.70. The summed E-state index contributed by atoms with van der Waals surface area (Å²) in [7, 11) is 2.16. The molecule has 1 atom stereocenters. The SMILES string of the molecule is CN(CC1CCCOC1)c1ccc(CBr)c(Br)c1. The van der Waals surface area contributed by atoms with Crippen LogP contribution >= 0.6 is 31.9 Å². The summed E-state index contributed by atoms with van der Waals surface area (Å²) in [6, 6.07) is 6.55. The Morgan fingerprint density at radius 1 is 1.44 bits per heavy atom. The molecule has 1 aromatic carbocycles. The minimum Gasteiger partial charge on any atom is -0.381 e. The van der Waals surface area contributed by atoms with Gasteiger partial charge in [-0.25, -0.2) is 0 Å². The Kier molecular flexibility index (Phi) is 5.52. The Morgan fingerprint density at radius 3 is 2.89 bits per heavy atom. The second-order valence-corrected chi connectivity index (χ2v) is 6.29. The first-order valence-corrected chi connectivity index (χ1v) is 8.25. The van der Waals surface area contributed by atoms with Gasteiger partial charge in [0.05, 0.1) is 6.61 Å². The van der Waals surface area contributed by atoms with Crippen molar-refractivity contribution in [2.75, 3.05) is 31.7 Å². The molecule has 0 aromatic heterocycles. The second-order valence-electron chi connectivity index (χ2n) is 4.87. The number of hydrogen-bond acceptors (Lipinski definition) is 2. The van der Waals surface area contributed by atoms with E-state index in [4.69, 9.17) is 4.74 Å². The lowest BCUT2D eigenvalue weighted by molar-refractivity contribution is 0.0576. The van der Waals surface area contributed by atoms with Crippen LogP contribution in [0.4, 0.5) is 5.69 Å².